The molecule has 0 radical (unpaired) electrons. The molecule has 1 fully saturated rings. The van der Waals surface area contributed by atoms with E-state index in [0.29, 0.717) is 44.6 Å². The number of aromatic nitrogens is 4. The van der Waals surface area contributed by atoms with Crippen LogP contribution in [0.15, 0.2) is 48.8 Å². The lowest BCUT2D eigenvalue weighted by molar-refractivity contribution is -0.134. The predicted molar refractivity (Wildman–Crippen MR) is 146 cm³/mol. The average molecular weight is 538 g/mol. The number of amides is 1. The number of nitrogens with one attached hydrogen (secondary N) is 2. The number of benzene rings is 2. The van der Waals surface area contributed by atoms with E-state index in [1.807, 2.05) is 16.8 Å². The smallest absolute Gasteiger partial charge is 0.300 e. The third-order valence-corrected chi connectivity index (χ3v) is 6.34. The summed E-state index contributed by atoms with van der Waals surface area (Å²) in [5.74, 6) is -0.303. The summed E-state index contributed by atoms with van der Waals surface area (Å²) in [7, 11) is 1.55. The number of carbonyl (C=O) groups excluding carboxylic acids is 1. The summed E-state index contributed by atoms with van der Waals surface area (Å²) >= 11 is 6.17. The fourth-order valence-electron chi connectivity index (χ4n) is 4.28. The van der Waals surface area contributed by atoms with Crippen LogP contribution in [0, 0.1) is 0 Å². The van der Waals surface area contributed by atoms with Crippen molar-refractivity contribution in [1.29, 1.82) is 0 Å². The molecule has 5 rings (SSSR count). The molecule has 0 aliphatic carbocycles. The van der Waals surface area contributed by atoms with E-state index < -0.39 is 5.97 Å². The van der Waals surface area contributed by atoms with E-state index in [4.69, 9.17) is 37.1 Å². The third kappa shape index (κ3) is 5.84. The highest BCUT2D eigenvalue weighted by atomic mass is 35.5. The van der Waals surface area contributed by atoms with E-state index >= 15 is 0 Å². The standard InChI is InChI=1S/C24H24ClN7O2.C2H4O2/c1-34-19-12-14(6-7-18(19)30-24(33)16-4-2-3-5-17(16)25)21-20-22(26)28-13-29-23(20)32(31-21)15-8-10-27-11-9-15;1-2(3)4/h2-7,12-13,15,27H,8-11H2,1H3,(H,30,33)(H2,26,28,29);1H3,(H,3,4). The molecule has 4 aromatic rings. The highest BCUT2D eigenvalue weighted by Gasteiger charge is 2.24. The van der Waals surface area contributed by atoms with Gasteiger partial charge in [0.15, 0.2) is 5.65 Å². The maximum absolute atomic E-state index is 12.8. The summed E-state index contributed by atoms with van der Waals surface area (Å²) in [6.07, 6.45) is 3.38. The Balaban J connectivity index is 0.000000786. The first-order chi connectivity index (χ1) is 18.3. The first-order valence-corrected chi connectivity index (χ1v) is 12.3. The number of rotatable bonds is 5. The number of carboxylic acid groups (broad SMARTS) is 1. The SMILES string of the molecule is CC(=O)O.COc1cc(-c2nn(C3CCNCC3)c3ncnc(N)c23)ccc1NC(=O)c1ccccc1Cl. The minimum Gasteiger partial charge on any atom is -0.495 e. The van der Waals surface area contributed by atoms with Gasteiger partial charge in [0, 0.05) is 12.5 Å². The minimum atomic E-state index is -0.833. The Hall–Kier alpha value is -4.22. The van der Waals surface area contributed by atoms with Gasteiger partial charge >= 0.3 is 0 Å². The monoisotopic (exact) mass is 537 g/mol. The predicted octanol–water partition coefficient (Wildman–Crippen LogP) is 4.01. The van der Waals surface area contributed by atoms with Crippen molar-refractivity contribution in [2.75, 3.05) is 31.2 Å². The van der Waals surface area contributed by atoms with Gasteiger partial charge in [0.2, 0.25) is 0 Å². The van der Waals surface area contributed by atoms with E-state index in [1.165, 1.54) is 6.33 Å². The Morgan fingerprint density at radius 1 is 1.18 bits per heavy atom. The number of anilines is 2. The second kappa shape index (κ2) is 11.9. The van der Waals surface area contributed by atoms with Crippen LogP contribution in [-0.4, -0.2) is 56.9 Å². The number of ether oxygens (including phenoxy) is 1. The van der Waals surface area contributed by atoms with Crippen molar-refractivity contribution in [2.24, 2.45) is 0 Å². The average Bonchev–Trinajstić information content (AvgIpc) is 3.30. The number of nitrogens with zero attached hydrogens (tertiary/aromatic N) is 4. The van der Waals surface area contributed by atoms with Gasteiger partial charge in [0.1, 0.15) is 23.6 Å². The fraction of sp³-hybridized carbons (Fsp3) is 0.269. The number of nitrogens with two attached hydrogens (primary N) is 1. The van der Waals surface area contributed by atoms with E-state index in [9.17, 15) is 4.79 Å². The molecule has 3 heterocycles. The Morgan fingerprint density at radius 2 is 1.89 bits per heavy atom. The molecule has 0 unspecified atom stereocenters. The molecule has 0 saturated carbocycles. The fourth-order valence-corrected chi connectivity index (χ4v) is 4.50. The van der Waals surface area contributed by atoms with Crippen LogP contribution in [0.1, 0.15) is 36.2 Å². The molecule has 5 N–H and O–H groups in total. The van der Waals surface area contributed by atoms with Crippen LogP contribution in [0.25, 0.3) is 22.3 Å². The number of methoxy groups -OCH3 is 1. The van der Waals surface area contributed by atoms with Gasteiger partial charge in [0.25, 0.3) is 11.9 Å². The van der Waals surface area contributed by atoms with Crippen LogP contribution in [0.3, 0.4) is 0 Å². The zero-order chi connectivity index (χ0) is 27.2. The number of halogens is 1. The summed E-state index contributed by atoms with van der Waals surface area (Å²) in [4.78, 5) is 30.4. The summed E-state index contributed by atoms with van der Waals surface area (Å²) in [5, 5.41) is 19.7. The first kappa shape index (κ1) is 26.8. The summed E-state index contributed by atoms with van der Waals surface area (Å²) in [5.41, 5.74) is 9.33. The van der Waals surface area contributed by atoms with Gasteiger partial charge in [-0.3, -0.25) is 9.59 Å². The highest BCUT2D eigenvalue weighted by molar-refractivity contribution is 6.34. The highest BCUT2D eigenvalue weighted by Crippen LogP contribution is 2.37. The number of carbonyl (C=O) groups is 2. The molecule has 1 aliphatic rings. The Labute approximate surface area is 224 Å². The second-order valence-electron chi connectivity index (χ2n) is 8.60. The van der Waals surface area contributed by atoms with Crippen molar-refractivity contribution < 1.29 is 19.4 Å². The Morgan fingerprint density at radius 3 is 2.58 bits per heavy atom. The van der Waals surface area contributed by atoms with Gasteiger partial charge in [-0.25, -0.2) is 14.6 Å². The van der Waals surface area contributed by atoms with Crippen LogP contribution in [0.2, 0.25) is 5.02 Å². The maximum atomic E-state index is 12.8. The zero-order valence-corrected chi connectivity index (χ0v) is 21.7. The molecule has 12 heteroatoms. The lowest BCUT2D eigenvalue weighted by Crippen LogP contribution is -2.30. The molecule has 1 aliphatic heterocycles. The van der Waals surface area contributed by atoms with Crippen LogP contribution in [-0.2, 0) is 4.79 Å². The first-order valence-electron chi connectivity index (χ1n) is 11.9. The molecule has 1 saturated heterocycles. The normalized spacial score (nSPS) is 13.4. The largest absolute Gasteiger partial charge is 0.495 e. The van der Waals surface area contributed by atoms with Crippen molar-refractivity contribution in [2.45, 2.75) is 25.8 Å². The molecule has 2 aromatic heterocycles. The van der Waals surface area contributed by atoms with E-state index in [1.54, 1.807) is 37.4 Å². The summed E-state index contributed by atoms with van der Waals surface area (Å²) in [6.45, 7) is 2.94. The van der Waals surface area contributed by atoms with Crippen LogP contribution in [0.5, 0.6) is 5.75 Å². The lowest BCUT2D eigenvalue weighted by atomic mass is 10.1. The number of carboxylic acids is 1. The van der Waals surface area contributed by atoms with Gasteiger partial charge in [-0.15, -0.1) is 0 Å². The number of aliphatic carboxylic acids is 1. The van der Waals surface area contributed by atoms with Gasteiger partial charge < -0.3 is 26.2 Å². The summed E-state index contributed by atoms with van der Waals surface area (Å²) < 4.78 is 7.55. The third-order valence-electron chi connectivity index (χ3n) is 6.01. The number of hydrogen-bond acceptors (Lipinski definition) is 8. The van der Waals surface area contributed by atoms with Gasteiger partial charge in [0.05, 0.1) is 34.8 Å². The topological polar surface area (TPSA) is 157 Å². The Kier molecular flexibility index (Phi) is 8.39. The number of nitrogen functional groups attached to an aromatic ring is 1. The second-order valence-corrected chi connectivity index (χ2v) is 9.01. The molecule has 0 spiro atoms. The van der Waals surface area contributed by atoms with E-state index in [0.717, 1.165) is 38.4 Å². The Bertz CT molecular complexity index is 1460. The zero-order valence-electron chi connectivity index (χ0n) is 20.9. The van der Waals surface area contributed by atoms with Gasteiger partial charge in [-0.05, 0) is 50.2 Å². The molecule has 198 valence electrons. The molecular weight excluding hydrogens is 510 g/mol. The number of fused-ring (bicyclic) bond motifs is 1. The maximum Gasteiger partial charge on any atom is 0.300 e. The molecule has 2 aromatic carbocycles. The van der Waals surface area contributed by atoms with Crippen molar-refractivity contribution >= 4 is 46.0 Å². The molecule has 0 atom stereocenters. The molecule has 0 bridgehead atoms. The van der Waals surface area contributed by atoms with Crippen LogP contribution >= 0.6 is 11.6 Å². The summed E-state index contributed by atoms with van der Waals surface area (Å²) in [6, 6.07) is 12.6. The van der Waals surface area contributed by atoms with Crippen molar-refractivity contribution in [3.05, 3.63) is 59.4 Å². The van der Waals surface area contributed by atoms with Crippen molar-refractivity contribution in [3.63, 3.8) is 0 Å². The lowest BCUT2D eigenvalue weighted by Gasteiger charge is -2.23. The van der Waals surface area contributed by atoms with Crippen molar-refractivity contribution in [3.8, 4) is 17.0 Å². The van der Waals surface area contributed by atoms with Crippen LogP contribution in [0.4, 0.5) is 11.5 Å². The van der Waals surface area contributed by atoms with Crippen molar-refractivity contribution in [1.82, 2.24) is 25.1 Å². The molecule has 11 nitrogen and oxygen atoms in total. The molecular formula is C26H28ClN7O4. The minimum absolute atomic E-state index is 0.225. The van der Waals surface area contributed by atoms with Crippen LogP contribution < -0.4 is 21.1 Å². The number of piperidine rings is 1. The van der Waals surface area contributed by atoms with Gasteiger partial charge in [-0.1, -0.05) is 29.8 Å². The van der Waals surface area contributed by atoms with E-state index in [-0.39, 0.29) is 11.9 Å². The number of hydrogen-bond donors (Lipinski definition) is 4. The molecule has 1 amide bonds. The quantitative estimate of drug-likeness (QED) is 0.295. The molecule has 38 heavy (non-hydrogen) atoms. The van der Waals surface area contributed by atoms with E-state index in [2.05, 4.69) is 20.6 Å². The van der Waals surface area contributed by atoms with Gasteiger partial charge in [-0.2, -0.15) is 5.10 Å².